The summed E-state index contributed by atoms with van der Waals surface area (Å²) in [5, 5.41) is 9.33. The van der Waals surface area contributed by atoms with Crippen LogP contribution in [0.15, 0.2) is 18.2 Å². The van der Waals surface area contributed by atoms with E-state index >= 15 is 0 Å². The van der Waals surface area contributed by atoms with E-state index in [9.17, 15) is 9.18 Å². The van der Waals surface area contributed by atoms with E-state index in [0.717, 1.165) is 5.69 Å². The summed E-state index contributed by atoms with van der Waals surface area (Å²) in [5.74, 6) is -0.580. The molecule has 0 aliphatic rings. The summed E-state index contributed by atoms with van der Waals surface area (Å²) in [4.78, 5) is 12.0. The number of aromatic amines is 1. The van der Waals surface area contributed by atoms with Crippen LogP contribution in [0.4, 0.5) is 10.2 Å². The first kappa shape index (κ1) is 12.6. The largest absolute Gasteiger partial charge is 0.305 e. The zero-order valence-corrected chi connectivity index (χ0v) is 10.6. The van der Waals surface area contributed by atoms with E-state index in [2.05, 4.69) is 15.5 Å². The molecule has 6 heteroatoms. The van der Waals surface area contributed by atoms with Crippen LogP contribution in [-0.4, -0.2) is 16.1 Å². The van der Waals surface area contributed by atoms with Crippen molar-refractivity contribution in [1.82, 2.24) is 10.2 Å². The van der Waals surface area contributed by atoms with Gasteiger partial charge in [0.25, 0.3) is 5.91 Å². The lowest BCUT2D eigenvalue weighted by molar-refractivity contribution is 0.102. The Bertz CT molecular complexity index is 609. The molecule has 0 fully saturated rings. The molecule has 0 aliphatic heterocycles. The van der Waals surface area contributed by atoms with Crippen molar-refractivity contribution in [1.29, 1.82) is 0 Å². The first-order chi connectivity index (χ1) is 8.49. The van der Waals surface area contributed by atoms with Crippen LogP contribution in [0.1, 0.15) is 21.6 Å². The van der Waals surface area contributed by atoms with Gasteiger partial charge in [0, 0.05) is 11.8 Å². The van der Waals surface area contributed by atoms with Gasteiger partial charge in [0.15, 0.2) is 5.82 Å². The number of carbonyl (C=O) groups excluding carboxylic acids is 1. The number of nitrogens with zero attached hydrogens (tertiary/aromatic N) is 1. The minimum Gasteiger partial charge on any atom is -0.305 e. The highest BCUT2D eigenvalue weighted by molar-refractivity contribution is 6.34. The molecule has 0 saturated heterocycles. The first-order valence-electron chi connectivity index (χ1n) is 5.27. The average Bonchev–Trinajstić information content (AvgIpc) is 2.70. The van der Waals surface area contributed by atoms with Crippen molar-refractivity contribution in [3.8, 4) is 0 Å². The molecule has 0 saturated carbocycles. The van der Waals surface area contributed by atoms with Crippen LogP contribution in [0.5, 0.6) is 0 Å². The summed E-state index contributed by atoms with van der Waals surface area (Å²) in [7, 11) is 0. The molecule has 2 N–H and O–H groups in total. The van der Waals surface area contributed by atoms with Crippen molar-refractivity contribution in [3.63, 3.8) is 0 Å². The molecular weight excluding hydrogens is 257 g/mol. The second kappa shape index (κ2) is 4.78. The number of benzene rings is 1. The number of aromatic nitrogens is 2. The number of amides is 1. The maximum Gasteiger partial charge on any atom is 0.258 e. The van der Waals surface area contributed by atoms with Crippen LogP contribution < -0.4 is 5.32 Å². The predicted octanol–water partition coefficient (Wildman–Crippen LogP) is 3.07. The summed E-state index contributed by atoms with van der Waals surface area (Å²) in [6, 6.07) is 4.25. The topological polar surface area (TPSA) is 57.8 Å². The van der Waals surface area contributed by atoms with Gasteiger partial charge in [-0.3, -0.25) is 9.89 Å². The van der Waals surface area contributed by atoms with Crippen molar-refractivity contribution in [2.24, 2.45) is 0 Å². The quantitative estimate of drug-likeness (QED) is 0.878. The number of nitrogens with one attached hydrogen (secondary N) is 2. The fourth-order valence-electron chi connectivity index (χ4n) is 1.59. The van der Waals surface area contributed by atoms with Crippen LogP contribution in [-0.2, 0) is 0 Å². The summed E-state index contributed by atoms with van der Waals surface area (Å²) < 4.78 is 13.4. The lowest BCUT2D eigenvalue weighted by atomic mass is 10.1. The van der Waals surface area contributed by atoms with Crippen LogP contribution in [0.3, 0.4) is 0 Å². The molecule has 2 rings (SSSR count). The highest BCUT2D eigenvalue weighted by Crippen LogP contribution is 2.23. The number of H-pyrrole nitrogens is 1. The maximum atomic E-state index is 13.4. The Morgan fingerprint density at radius 2 is 2.17 bits per heavy atom. The van der Waals surface area contributed by atoms with Gasteiger partial charge in [-0.1, -0.05) is 11.6 Å². The summed E-state index contributed by atoms with van der Waals surface area (Å²) in [5.41, 5.74) is 1.15. The van der Waals surface area contributed by atoms with Crippen LogP contribution in [0.25, 0.3) is 0 Å². The lowest BCUT2D eigenvalue weighted by Gasteiger charge is -2.08. The molecule has 0 atom stereocenters. The van der Waals surface area contributed by atoms with E-state index in [1.807, 2.05) is 6.92 Å². The first-order valence-corrected chi connectivity index (χ1v) is 5.65. The van der Waals surface area contributed by atoms with Crippen molar-refractivity contribution in [2.75, 3.05) is 5.32 Å². The molecule has 1 heterocycles. The Morgan fingerprint density at radius 3 is 2.78 bits per heavy atom. The molecule has 0 spiro atoms. The van der Waals surface area contributed by atoms with Gasteiger partial charge in [0.2, 0.25) is 0 Å². The Hall–Kier alpha value is -1.88. The molecular formula is C12H11ClFN3O. The Labute approximate surface area is 108 Å². The zero-order chi connectivity index (χ0) is 13.3. The van der Waals surface area contributed by atoms with E-state index < -0.39 is 11.7 Å². The fourth-order valence-corrected chi connectivity index (χ4v) is 1.88. The second-order valence-electron chi connectivity index (χ2n) is 3.92. The molecule has 0 aliphatic carbocycles. The number of aryl methyl sites for hydroxylation is 1. The molecule has 0 bridgehead atoms. The van der Waals surface area contributed by atoms with Crippen molar-refractivity contribution >= 4 is 23.3 Å². The van der Waals surface area contributed by atoms with Gasteiger partial charge in [0.05, 0.1) is 10.6 Å². The normalized spacial score (nSPS) is 10.4. The Kier molecular flexibility index (Phi) is 3.34. The SMILES string of the molecule is Cc1cc(NC(=O)c2c(Cl)ccc(F)c2C)n[nH]1. The molecule has 1 aromatic carbocycles. The smallest absolute Gasteiger partial charge is 0.258 e. The van der Waals surface area contributed by atoms with Gasteiger partial charge < -0.3 is 5.32 Å². The van der Waals surface area contributed by atoms with Gasteiger partial charge >= 0.3 is 0 Å². The predicted molar refractivity (Wildman–Crippen MR) is 67.4 cm³/mol. The maximum absolute atomic E-state index is 13.4. The van der Waals surface area contributed by atoms with Gasteiger partial charge in [-0.05, 0) is 31.5 Å². The molecule has 18 heavy (non-hydrogen) atoms. The monoisotopic (exact) mass is 267 g/mol. The standard InChI is InChI=1S/C12H11ClFN3O/c1-6-5-10(17-16-6)15-12(18)11-7(2)9(14)4-3-8(11)13/h3-5H,1-2H3,(H2,15,16,17,18). The van der Waals surface area contributed by atoms with E-state index in [-0.39, 0.29) is 16.1 Å². The van der Waals surface area contributed by atoms with E-state index in [4.69, 9.17) is 11.6 Å². The molecule has 94 valence electrons. The number of carbonyl (C=O) groups is 1. The Morgan fingerprint density at radius 1 is 1.44 bits per heavy atom. The van der Waals surface area contributed by atoms with Crippen molar-refractivity contribution in [3.05, 3.63) is 45.9 Å². The summed E-state index contributed by atoms with van der Waals surface area (Å²) in [6.07, 6.45) is 0. The number of rotatable bonds is 2. The summed E-state index contributed by atoms with van der Waals surface area (Å²) >= 11 is 5.91. The van der Waals surface area contributed by atoms with Gasteiger partial charge in [0.1, 0.15) is 5.82 Å². The third-order valence-corrected chi connectivity index (χ3v) is 2.84. The van der Waals surface area contributed by atoms with E-state index in [0.29, 0.717) is 5.82 Å². The summed E-state index contributed by atoms with van der Waals surface area (Å²) in [6.45, 7) is 3.31. The minimum atomic E-state index is -0.483. The lowest BCUT2D eigenvalue weighted by Crippen LogP contribution is -2.15. The number of halogens is 2. The third-order valence-electron chi connectivity index (χ3n) is 2.52. The van der Waals surface area contributed by atoms with Crippen molar-refractivity contribution < 1.29 is 9.18 Å². The third kappa shape index (κ3) is 2.36. The van der Waals surface area contributed by atoms with Gasteiger partial charge in [-0.2, -0.15) is 5.10 Å². The minimum absolute atomic E-state index is 0.123. The fraction of sp³-hybridized carbons (Fsp3) is 0.167. The van der Waals surface area contributed by atoms with Gasteiger partial charge in [-0.15, -0.1) is 0 Å². The second-order valence-corrected chi connectivity index (χ2v) is 4.33. The molecule has 0 unspecified atom stereocenters. The average molecular weight is 268 g/mol. The number of hydrogen-bond donors (Lipinski definition) is 2. The molecule has 0 radical (unpaired) electrons. The van der Waals surface area contributed by atoms with Crippen LogP contribution in [0, 0.1) is 19.7 Å². The molecule has 4 nitrogen and oxygen atoms in total. The number of hydrogen-bond acceptors (Lipinski definition) is 2. The molecule has 2 aromatic rings. The van der Waals surface area contributed by atoms with E-state index in [1.165, 1.54) is 19.1 Å². The Balaban J connectivity index is 2.32. The highest BCUT2D eigenvalue weighted by atomic mass is 35.5. The molecule has 1 amide bonds. The van der Waals surface area contributed by atoms with Crippen molar-refractivity contribution in [2.45, 2.75) is 13.8 Å². The highest BCUT2D eigenvalue weighted by Gasteiger charge is 2.17. The van der Waals surface area contributed by atoms with Crippen LogP contribution >= 0.6 is 11.6 Å². The zero-order valence-electron chi connectivity index (χ0n) is 9.84. The van der Waals surface area contributed by atoms with E-state index in [1.54, 1.807) is 6.07 Å². The number of anilines is 1. The molecule has 1 aromatic heterocycles. The van der Waals surface area contributed by atoms with Crippen LogP contribution in [0.2, 0.25) is 5.02 Å². The van der Waals surface area contributed by atoms with Gasteiger partial charge in [-0.25, -0.2) is 4.39 Å².